The number of hydrogen-bond acceptors (Lipinski definition) is 5. The number of benzene rings is 1. The monoisotopic (exact) mass is 398 g/mol. The van der Waals surface area contributed by atoms with Crippen LogP contribution in [0, 0.1) is 0 Å². The summed E-state index contributed by atoms with van der Waals surface area (Å²) in [6, 6.07) is 4.61. The van der Waals surface area contributed by atoms with Crippen molar-refractivity contribution in [3.8, 4) is 0 Å². The molecular weight excluding hydrogens is 376 g/mol. The maximum Gasteiger partial charge on any atom is 0.405 e. The van der Waals surface area contributed by atoms with E-state index >= 15 is 0 Å². The first-order valence-corrected chi connectivity index (χ1v) is 9.91. The Kier molecular flexibility index (Phi) is 6.75. The van der Waals surface area contributed by atoms with Crippen molar-refractivity contribution in [3.05, 3.63) is 29.8 Å². The average molecular weight is 398 g/mol. The van der Waals surface area contributed by atoms with Crippen LogP contribution < -0.4 is 21.1 Å². The van der Waals surface area contributed by atoms with E-state index in [0.29, 0.717) is 12.8 Å². The summed E-state index contributed by atoms with van der Waals surface area (Å²) in [6.45, 7) is -0.360. The number of rotatable bonds is 6. The van der Waals surface area contributed by atoms with Crippen LogP contribution in [0.1, 0.15) is 36.0 Å². The van der Waals surface area contributed by atoms with Crippen molar-refractivity contribution in [1.82, 2.24) is 16.0 Å². The van der Waals surface area contributed by atoms with E-state index in [-0.39, 0.29) is 29.1 Å². The molecule has 0 bridgehead atoms. The molecule has 10 nitrogen and oxygen atoms in total. The second kappa shape index (κ2) is 8.82. The van der Waals surface area contributed by atoms with Gasteiger partial charge < -0.3 is 21.1 Å². The van der Waals surface area contributed by atoms with E-state index in [9.17, 15) is 22.8 Å². The molecule has 2 rings (SSSR count). The van der Waals surface area contributed by atoms with Gasteiger partial charge in [-0.25, -0.2) is 18.4 Å². The number of carboxylic acid groups (broad SMARTS) is 1. The molecule has 2 unspecified atom stereocenters. The van der Waals surface area contributed by atoms with Crippen LogP contribution in [0.2, 0.25) is 0 Å². The smallest absolute Gasteiger partial charge is 0.405 e. The van der Waals surface area contributed by atoms with Gasteiger partial charge in [-0.15, -0.1) is 0 Å². The average Bonchev–Trinajstić information content (AvgIpc) is 2.61. The Bertz CT molecular complexity index is 809. The van der Waals surface area contributed by atoms with Crippen molar-refractivity contribution in [1.29, 1.82) is 0 Å². The largest absolute Gasteiger partial charge is 0.465 e. The molecule has 0 radical (unpaired) electrons. The Morgan fingerprint density at radius 2 is 1.59 bits per heavy atom. The number of carbonyl (C=O) groups is 3. The molecule has 1 saturated carbocycles. The van der Waals surface area contributed by atoms with E-state index < -0.39 is 27.9 Å². The fraction of sp³-hybridized carbons (Fsp3) is 0.438. The molecule has 0 heterocycles. The van der Waals surface area contributed by atoms with Gasteiger partial charge in [-0.1, -0.05) is 12.8 Å². The molecule has 148 valence electrons. The molecule has 0 spiro atoms. The molecule has 1 aromatic carbocycles. The third-order valence-electron chi connectivity index (χ3n) is 4.27. The predicted molar refractivity (Wildman–Crippen MR) is 95.5 cm³/mol. The Balaban J connectivity index is 1.99. The van der Waals surface area contributed by atoms with Gasteiger partial charge in [-0.3, -0.25) is 9.59 Å². The van der Waals surface area contributed by atoms with E-state index in [0.717, 1.165) is 12.8 Å². The minimum atomic E-state index is -3.83. The van der Waals surface area contributed by atoms with Gasteiger partial charge >= 0.3 is 6.09 Å². The zero-order valence-electron chi connectivity index (χ0n) is 14.5. The van der Waals surface area contributed by atoms with Crippen molar-refractivity contribution in [2.75, 3.05) is 6.54 Å². The van der Waals surface area contributed by atoms with Crippen LogP contribution in [0.5, 0.6) is 0 Å². The quantitative estimate of drug-likeness (QED) is 0.443. The predicted octanol–water partition coefficient (Wildman–Crippen LogP) is -0.241. The summed E-state index contributed by atoms with van der Waals surface area (Å²) >= 11 is 0. The highest BCUT2D eigenvalue weighted by Crippen LogP contribution is 2.19. The highest BCUT2D eigenvalue weighted by molar-refractivity contribution is 7.89. The number of hydrogen-bond donors (Lipinski definition) is 5. The van der Waals surface area contributed by atoms with Crippen LogP contribution in [-0.2, 0) is 14.8 Å². The van der Waals surface area contributed by atoms with Crippen molar-refractivity contribution in [2.45, 2.75) is 42.7 Å². The van der Waals surface area contributed by atoms with E-state index in [1.54, 1.807) is 0 Å². The molecule has 1 aliphatic rings. The zero-order chi connectivity index (χ0) is 20.0. The van der Waals surface area contributed by atoms with Gasteiger partial charge in [0, 0.05) is 17.6 Å². The van der Waals surface area contributed by atoms with Gasteiger partial charge in [0.05, 0.1) is 11.4 Å². The highest BCUT2D eigenvalue weighted by atomic mass is 32.2. The Morgan fingerprint density at radius 3 is 2.11 bits per heavy atom. The maximum atomic E-state index is 12.4. The van der Waals surface area contributed by atoms with Gasteiger partial charge in [-0.05, 0) is 37.1 Å². The molecule has 1 fully saturated rings. The summed E-state index contributed by atoms with van der Waals surface area (Å²) in [4.78, 5) is 34.6. The summed E-state index contributed by atoms with van der Waals surface area (Å²) in [5, 5.41) is 21.1. The lowest BCUT2D eigenvalue weighted by Gasteiger charge is -2.32. The SMILES string of the molecule is NS(=O)(=O)c1ccc(C(=O)NC2CCCCC2NC(=O)CNC(=O)O)cc1. The van der Waals surface area contributed by atoms with Gasteiger partial charge in [0.1, 0.15) is 0 Å². The minimum Gasteiger partial charge on any atom is -0.465 e. The lowest BCUT2D eigenvalue weighted by Crippen LogP contribution is -2.54. The molecular formula is C16H22N4O6S. The standard InChI is InChI=1S/C16H22N4O6S/c17-27(25,26)11-7-5-10(6-8-11)15(22)20-13-4-2-1-3-12(13)19-14(21)9-18-16(23)24/h5-8,12-13,18H,1-4,9H2,(H,19,21)(H,20,22)(H,23,24)(H2,17,25,26). The first-order valence-electron chi connectivity index (χ1n) is 8.36. The molecule has 27 heavy (non-hydrogen) atoms. The first-order chi connectivity index (χ1) is 12.7. The van der Waals surface area contributed by atoms with Crippen LogP contribution >= 0.6 is 0 Å². The first kappa shape index (κ1) is 20.6. The molecule has 3 amide bonds. The van der Waals surface area contributed by atoms with E-state index in [1.807, 2.05) is 5.32 Å². The molecule has 0 aliphatic heterocycles. The number of primary sulfonamides is 1. The van der Waals surface area contributed by atoms with Crippen LogP contribution in [0.4, 0.5) is 4.79 Å². The van der Waals surface area contributed by atoms with E-state index in [2.05, 4.69) is 10.6 Å². The van der Waals surface area contributed by atoms with Crippen LogP contribution in [-0.4, -0.2) is 50.1 Å². The topological polar surface area (TPSA) is 168 Å². The fourth-order valence-corrected chi connectivity index (χ4v) is 3.45. The number of nitrogens with one attached hydrogen (secondary N) is 3. The number of carbonyl (C=O) groups excluding carboxylic acids is 2. The molecule has 1 aromatic rings. The maximum absolute atomic E-state index is 12.4. The number of sulfonamides is 1. The van der Waals surface area contributed by atoms with Crippen LogP contribution in [0.3, 0.4) is 0 Å². The normalized spacial score (nSPS) is 19.7. The molecule has 2 atom stereocenters. The van der Waals surface area contributed by atoms with Crippen molar-refractivity contribution >= 4 is 27.9 Å². The molecule has 11 heteroatoms. The number of nitrogens with two attached hydrogens (primary N) is 1. The second-order valence-electron chi connectivity index (χ2n) is 6.27. The van der Waals surface area contributed by atoms with Gasteiger partial charge in [0.15, 0.2) is 0 Å². The lowest BCUT2D eigenvalue weighted by atomic mass is 9.90. The van der Waals surface area contributed by atoms with Gasteiger partial charge in [0.2, 0.25) is 15.9 Å². The molecule has 6 N–H and O–H groups in total. The Labute approximate surface area is 156 Å². The summed E-state index contributed by atoms with van der Waals surface area (Å²) in [6.07, 6.45) is 1.80. The number of amides is 3. The Hall–Kier alpha value is -2.66. The fourth-order valence-electron chi connectivity index (χ4n) is 2.94. The Morgan fingerprint density at radius 1 is 1.04 bits per heavy atom. The second-order valence-corrected chi connectivity index (χ2v) is 7.83. The zero-order valence-corrected chi connectivity index (χ0v) is 15.3. The summed E-state index contributed by atoms with van der Waals surface area (Å²) in [5.41, 5.74) is 0.269. The van der Waals surface area contributed by atoms with Crippen molar-refractivity contribution < 1.29 is 27.9 Å². The third kappa shape index (κ3) is 6.22. The molecule has 0 saturated heterocycles. The van der Waals surface area contributed by atoms with Crippen molar-refractivity contribution in [3.63, 3.8) is 0 Å². The van der Waals surface area contributed by atoms with E-state index in [4.69, 9.17) is 10.2 Å². The lowest BCUT2D eigenvalue weighted by molar-refractivity contribution is -0.121. The van der Waals surface area contributed by atoms with Gasteiger partial charge in [-0.2, -0.15) is 0 Å². The van der Waals surface area contributed by atoms with E-state index in [1.165, 1.54) is 24.3 Å². The van der Waals surface area contributed by atoms with Crippen LogP contribution in [0.15, 0.2) is 29.2 Å². The molecule has 0 aromatic heterocycles. The van der Waals surface area contributed by atoms with Crippen molar-refractivity contribution in [2.24, 2.45) is 5.14 Å². The summed E-state index contributed by atoms with van der Waals surface area (Å²) < 4.78 is 22.5. The van der Waals surface area contributed by atoms with Gasteiger partial charge in [0.25, 0.3) is 5.91 Å². The minimum absolute atomic E-state index is 0.0900. The molecule has 1 aliphatic carbocycles. The summed E-state index contributed by atoms with van der Waals surface area (Å²) in [7, 11) is -3.83. The van der Waals surface area contributed by atoms with Crippen LogP contribution in [0.25, 0.3) is 0 Å². The summed E-state index contributed by atoms with van der Waals surface area (Å²) in [5.74, 6) is -0.869. The highest BCUT2D eigenvalue weighted by Gasteiger charge is 2.28. The third-order valence-corrected chi connectivity index (χ3v) is 5.20.